The first kappa shape index (κ1) is 16.4. The van der Waals surface area contributed by atoms with Gasteiger partial charge in [-0.25, -0.2) is 9.78 Å². The van der Waals surface area contributed by atoms with E-state index in [-0.39, 0.29) is 6.03 Å². The van der Waals surface area contributed by atoms with Crippen LogP contribution in [0.4, 0.5) is 10.5 Å². The third kappa shape index (κ3) is 2.58. The number of amides is 2. The second-order valence-corrected chi connectivity index (χ2v) is 8.18. The molecule has 3 aliphatic rings. The predicted octanol–water partition coefficient (Wildman–Crippen LogP) is 4.37. The van der Waals surface area contributed by atoms with Gasteiger partial charge in [-0.15, -0.1) is 0 Å². The molecule has 26 heavy (non-hydrogen) atoms. The number of urea groups is 1. The van der Waals surface area contributed by atoms with Crippen LogP contribution < -0.4 is 10.6 Å². The number of nitrogens with one attached hydrogen (secondary N) is 2. The van der Waals surface area contributed by atoms with Crippen molar-refractivity contribution in [2.24, 2.45) is 0 Å². The van der Waals surface area contributed by atoms with Crippen LogP contribution in [0.1, 0.15) is 56.4 Å². The maximum Gasteiger partial charge on any atom is 0.319 e. The highest BCUT2D eigenvalue weighted by atomic mass is 35.5. The molecule has 2 aliphatic heterocycles. The number of fused-ring (bicyclic) bond motifs is 4. The monoisotopic (exact) mass is 374 g/mol. The van der Waals surface area contributed by atoms with Crippen LogP contribution in [0.2, 0.25) is 5.02 Å². The average Bonchev–Trinajstić information content (AvgIpc) is 3.25. The summed E-state index contributed by atoms with van der Waals surface area (Å²) < 4.78 is 6.24. The van der Waals surface area contributed by atoms with Crippen molar-refractivity contribution in [3.8, 4) is 0 Å². The summed E-state index contributed by atoms with van der Waals surface area (Å²) in [7, 11) is 0. The van der Waals surface area contributed by atoms with E-state index < -0.39 is 5.54 Å². The summed E-state index contributed by atoms with van der Waals surface area (Å²) in [5, 5.41) is 6.61. The quantitative estimate of drug-likeness (QED) is 0.818. The van der Waals surface area contributed by atoms with Crippen molar-refractivity contribution in [3.05, 3.63) is 22.5 Å². The van der Waals surface area contributed by atoms with Gasteiger partial charge in [0.2, 0.25) is 5.89 Å². The maximum atomic E-state index is 12.3. The first-order chi connectivity index (χ1) is 12.6. The minimum Gasteiger partial charge on any atom is -0.439 e. The zero-order valence-electron chi connectivity index (χ0n) is 14.7. The third-order valence-corrected chi connectivity index (χ3v) is 6.31. The molecule has 2 amide bonds. The summed E-state index contributed by atoms with van der Waals surface area (Å²) in [4.78, 5) is 19.4. The van der Waals surface area contributed by atoms with Gasteiger partial charge >= 0.3 is 6.03 Å². The molecule has 1 aliphatic carbocycles. The fourth-order valence-corrected chi connectivity index (χ4v) is 5.06. The van der Waals surface area contributed by atoms with Crippen molar-refractivity contribution in [1.82, 2.24) is 15.2 Å². The number of benzene rings is 1. The van der Waals surface area contributed by atoms with E-state index in [1.807, 2.05) is 6.07 Å². The number of hydrogen-bond donors (Lipinski definition) is 2. The van der Waals surface area contributed by atoms with Crippen molar-refractivity contribution in [2.45, 2.75) is 57.0 Å². The van der Waals surface area contributed by atoms with Gasteiger partial charge in [-0.1, -0.05) is 30.9 Å². The standard InChI is InChI=1S/C19H23ClN4O2/c20-12-10-13-17(26-14(21-13)11-24-8-4-5-9-24)15-16(12)22-18(25)23-19(15)6-2-1-3-7-19/h10H,1-9,11H2,(H2,22,23,25). The van der Waals surface area contributed by atoms with Crippen molar-refractivity contribution in [2.75, 3.05) is 18.4 Å². The zero-order chi connectivity index (χ0) is 17.7. The van der Waals surface area contributed by atoms with Crippen LogP contribution in [0.15, 0.2) is 10.5 Å². The van der Waals surface area contributed by atoms with Gasteiger partial charge in [-0.3, -0.25) is 4.90 Å². The highest BCUT2D eigenvalue weighted by molar-refractivity contribution is 6.35. The summed E-state index contributed by atoms with van der Waals surface area (Å²) in [5.41, 5.74) is 2.83. The van der Waals surface area contributed by atoms with Gasteiger partial charge in [0.05, 0.1) is 22.8 Å². The van der Waals surface area contributed by atoms with Crippen LogP contribution in [0.3, 0.4) is 0 Å². The van der Waals surface area contributed by atoms with Crippen LogP contribution in [0.25, 0.3) is 11.1 Å². The van der Waals surface area contributed by atoms with Gasteiger partial charge in [0, 0.05) is 5.56 Å². The largest absolute Gasteiger partial charge is 0.439 e. The Morgan fingerprint density at radius 2 is 1.96 bits per heavy atom. The Balaban J connectivity index is 1.65. The molecule has 2 N–H and O–H groups in total. The van der Waals surface area contributed by atoms with Gasteiger partial charge in [0.15, 0.2) is 5.58 Å². The van der Waals surface area contributed by atoms with Crippen LogP contribution in [0.5, 0.6) is 0 Å². The average molecular weight is 375 g/mol. The first-order valence-corrected chi connectivity index (χ1v) is 9.96. The molecule has 1 aromatic carbocycles. The zero-order valence-corrected chi connectivity index (χ0v) is 15.5. The number of nitrogens with zero attached hydrogens (tertiary/aromatic N) is 2. The lowest BCUT2D eigenvalue weighted by atomic mass is 9.74. The van der Waals surface area contributed by atoms with Crippen molar-refractivity contribution >= 4 is 34.4 Å². The molecular formula is C19H23ClN4O2. The topological polar surface area (TPSA) is 70.4 Å². The summed E-state index contributed by atoms with van der Waals surface area (Å²) in [6.07, 6.45) is 7.66. The van der Waals surface area contributed by atoms with E-state index in [1.165, 1.54) is 19.3 Å². The lowest BCUT2D eigenvalue weighted by Gasteiger charge is -2.42. The Morgan fingerprint density at radius 3 is 2.73 bits per heavy atom. The van der Waals surface area contributed by atoms with Gasteiger partial charge in [-0.2, -0.15) is 0 Å². The maximum absolute atomic E-state index is 12.3. The second-order valence-electron chi connectivity index (χ2n) is 7.77. The molecule has 3 heterocycles. The number of aromatic nitrogens is 1. The van der Waals surface area contributed by atoms with Gasteiger partial charge in [0.25, 0.3) is 0 Å². The summed E-state index contributed by atoms with van der Waals surface area (Å²) >= 11 is 6.53. The van der Waals surface area contributed by atoms with Crippen molar-refractivity contribution in [1.29, 1.82) is 0 Å². The minimum atomic E-state index is -0.399. The molecule has 0 unspecified atom stereocenters. The van der Waals surface area contributed by atoms with E-state index in [0.717, 1.165) is 67.9 Å². The van der Waals surface area contributed by atoms with Crippen LogP contribution in [-0.2, 0) is 12.1 Å². The molecule has 0 atom stereocenters. The normalized spacial score (nSPS) is 22.4. The number of rotatable bonds is 2. The Kier molecular flexibility index (Phi) is 3.87. The lowest BCUT2D eigenvalue weighted by Crippen LogP contribution is -2.52. The Bertz CT molecular complexity index is 866. The smallest absolute Gasteiger partial charge is 0.319 e. The molecule has 2 aromatic rings. The number of anilines is 1. The molecule has 1 spiro atoms. The SMILES string of the molecule is O=C1Nc2c(Cl)cc3nc(CN4CCCC4)oc3c2C2(CCCCC2)N1. The molecule has 5 rings (SSSR count). The molecule has 0 radical (unpaired) electrons. The van der Waals surface area contributed by atoms with Gasteiger partial charge in [-0.05, 0) is 44.8 Å². The first-order valence-electron chi connectivity index (χ1n) is 9.59. The molecule has 1 saturated heterocycles. The molecule has 138 valence electrons. The van der Waals surface area contributed by atoms with E-state index >= 15 is 0 Å². The Hall–Kier alpha value is -1.79. The highest BCUT2D eigenvalue weighted by Crippen LogP contribution is 2.48. The number of hydrogen-bond acceptors (Lipinski definition) is 4. The molecule has 1 saturated carbocycles. The van der Waals surface area contributed by atoms with E-state index in [4.69, 9.17) is 21.0 Å². The number of oxazole rings is 1. The summed E-state index contributed by atoms with van der Waals surface area (Å²) in [6.45, 7) is 2.92. The molecule has 1 aromatic heterocycles. The predicted molar refractivity (Wildman–Crippen MR) is 100 cm³/mol. The number of likely N-dealkylation sites (tertiary alicyclic amines) is 1. The third-order valence-electron chi connectivity index (χ3n) is 6.01. The molecular weight excluding hydrogens is 352 g/mol. The molecule has 6 nitrogen and oxygen atoms in total. The van der Waals surface area contributed by atoms with Crippen molar-refractivity contribution in [3.63, 3.8) is 0 Å². The van der Waals surface area contributed by atoms with Gasteiger partial charge in [0.1, 0.15) is 5.52 Å². The fraction of sp³-hybridized carbons (Fsp3) is 0.579. The Labute approximate surface area is 157 Å². The van der Waals surface area contributed by atoms with Crippen molar-refractivity contribution < 1.29 is 9.21 Å². The molecule has 7 heteroatoms. The fourth-order valence-electron chi connectivity index (χ4n) is 4.81. The second kappa shape index (κ2) is 6.13. The van der Waals surface area contributed by atoms with Crippen LogP contribution in [-0.4, -0.2) is 29.0 Å². The molecule has 2 fully saturated rings. The highest BCUT2D eigenvalue weighted by Gasteiger charge is 2.44. The van der Waals surface area contributed by atoms with E-state index in [9.17, 15) is 4.79 Å². The van der Waals surface area contributed by atoms with E-state index in [2.05, 4.69) is 15.5 Å². The van der Waals surface area contributed by atoms with Crippen LogP contribution in [0, 0.1) is 0 Å². The number of halogens is 1. The minimum absolute atomic E-state index is 0.183. The van der Waals surface area contributed by atoms with Crippen LogP contribution >= 0.6 is 11.6 Å². The Morgan fingerprint density at radius 1 is 1.19 bits per heavy atom. The lowest BCUT2D eigenvalue weighted by molar-refractivity contribution is 0.208. The number of carbonyl (C=O) groups is 1. The number of carbonyl (C=O) groups excluding carboxylic acids is 1. The summed E-state index contributed by atoms with van der Waals surface area (Å²) in [5.74, 6) is 0.731. The van der Waals surface area contributed by atoms with Gasteiger partial charge < -0.3 is 15.1 Å². The summed E-state index contributed by atoms with van der Waals surface area (Å²) in [6, 6.07) is 1.63. The van der Waals surface area contributed by atoms with E-state index in [0.29, 0.717) is 10.7 Å². The molecule has 0 bridgehead atoms. The van der Waals surface area contributed by atoms with E-state index in [1.54, 1.807) is 0 Å².